The molecule has 0 spiro atoms. The summed E-state index contributed by atoms with van der Waals surface area (Å²) >= 11 is 0. The summed E-state index contributed by atoms with van der Waals surface area (Å²) in [5.41, 5.74) is 2.11. The Morgan fingerprint density at radius 3 is 2.74 bits per heavy atom. The van der Waals surface area contributed by atoms with Crippen LogP contribution in [0.5, 0.6) is 5.88 Å². The lowest BCUT2D eigenvalue weighted by Crippen LogP contribution is -2.52. The minimum Gasteiger partial charge on any atom is -0.474 e. The number of nitrogens with one attached hydrogen (secondary N) is 1. The van der Waals surface area contributed by atoms with Crippen LogP contribution in [-0.4, -0.2) is 64.7 Å². The predicted octanol–water partition coefficient (Wildman–Crippen LogP) is 3.29. The molecule has 4 rings (SSSR count). The highest BCUT2D eigenvalue weighted by molar-refractivity contribution is 14.0. The summed E-state index contributed by atoms with van der Waals surface area (Å²) in [6.07, 6.45) is 8.56. The topological polar surface area (TPSA) is 79.0 Å². The van der Waals surface area contributed by atoms with E-state index in [1.54, 1.807) is 6.26 Å². The van der Waals surface area contributed by atoms with Gasteiger partial charge in [0, 0.05) is 57.6 Å². The van der Waals surface area contributed by atoms with Crippen LogP contribution in [0.3, 0.4) is 0 Å². The zero-order valence-corrected chi connectivity index (χ0v) is 20.5. The zero-order chi connectivity index (χ0) is 20.6. The van der Waals surface area contributed by atoms with Crippen LogP contribution < -0.4 is 10.1 Å². The van der Waals surface area contributed by atoms with E-state index < -0.39 is 0 Å². The van der Waals surface area contributed by atoms with Gasteiger partial charge in [-0.3, -0.25) is 4.90 Å². The summed E-state index contributed by atoms with van der Waals surface area (Å²) in [5, 5.41) is 7.45. The van der Waals surface area contributed by atoms with Crippen molar-refractivity contribution < 1.29 is 9.26 Å². The molecule has 0 bridgehead atoms. The summed E-state index contributed by atoms with van der Waals surface area (Å²) in [5.74, 6) is 1.69. The van der Waals surface area contributed by atoms with Gasteiger partial charge in [0.05, 0.1) is 12.2 Å². The fourth-order valence-corrected chi connectivity index (χ4v) is 4.05. The molecule has 2 aromatic rings. The van der Waals surface area contributed by atoms with Gasteiger partial charge >= 0.3 is 0 Å². The highest BCUT2D eigenvalue weighted by atomic mass is 127. The number of aliphatic imine (C=N–C) groups is 1. The molecule has 1 aliphatic carbocycles. The van der Waals surface area contributed by atoms with E-state index in [-0.39, 0.29) is 24.0 Å². The smallest absolute Gasteiger partial charge is 0.213 e. The highest BCUT2D eigenvalue weighted by Crippen LogP contribution is 2.23. The lowest BCUT2D eigenvalue weighted by atomic mass is 10.2. The fraction of sp³-hybridized carbons (Fsp3) is 0.591. The Morgan fingerprint density at radius 1 is 1.23 bits per heavy atom. The summed E-state index contributed by atoms with van der Waals surface area (Å²) in [6, 6.07) is 5.98. The van der Waals surface area contributed by atoms with Crippen LogP contribution in [0, 0.1) is 0 Å². The van der Waals surface area contributed by atoms with Gasteiger partial charge in [0.2, 0.25) is 5.88 Å². The first-order chi connectivity index (χ1) is 14.8. The van der Waals surface area contributed by atoms with Gasteiger partial charge in [-0.25, -0.2) is 9.98 Å². The van der Waals surface area contributed by atoms with Crippen LogP contribution in [0.4, 0.5) is 0 Å². The van der Waals surface area contributed by atoms with Crippen molar-refractivity contribution in [2.45, 2.75) is 51.8 Å². The molecular weight excluding hydrogens is 507 g/mol. The maximum absolute atomic E-state index is 6.04. The Kier molecular flexibility index (Phi) is 9.38. The van der Waals surface area contributed by atoms with E-state index in [2.05, 4.69) is 32.2 Å². The van der Waals surface area contributed by atoms with E-state index in [0.29, 0.717) is 12.6 Å². The molecule has 9 heteroatoms. The highest BCUT2D eigenvalue weighted by Gasteiger charge is 2.20. The first-order valence-corrected chi connectivity index (χ1v) is 11.1. The van der Waals surface area contributed by atoms with Crippen LogP contribution in [0.2, 0.25) is 0 Å². The third-order valence-corrected chi connectivity index (χ3v) is 5.68. The standard InChI is InChI=1S/C22H32N6O2.HI/c1-2-23-22(28-12-10-27(11-13-28)17-19-8-14-29-26-19)25-16-18-7-9-24-21(15-18)30-20-5-3-4-6-20;/h7-9,14-15,20H,2-6,10-13,16-17H2,1H3,(H,23,25);1H. The first kappa shape index (κ1) is 23.8. The van der Waals surface area contributed by atoms with Gasteiger partial charge in [-0.2, -0.15) is 0 Å². The van der Waals surface area contributed by atoms with Gasteiger partial charge < -0.3 is 19.5 Å². The van der Waals surface area contributed by atoms with E-state index >= 15 is 0 Å². The number of nitrogens with zero attached hydrogens (tertiary/aromatic N) is 5. The second-order valence-electron chi connectivity index (χ2n) is 7.95. The van der Waals surface area contributed by atoms with E-state index in [9.17, 15) is 0 Å². The molecule has 0 atom stereocenters. The number of rotatable bonds is 7. The molecule has 3 heterocycles. The Morgan fingerprint density at radius 2 is 2.03 bits per heavy atom. The van der Waals surface area contributed by atoms with Crippen molar-refractivity contribution in [3.63, 3.8) is 0 Å². The second-order valence-corrected chi connectivity index (χ2v) is 7.95. The minimum absolute atomic E-state index is 0. The molecule has 1 saturated heterocycles. The van der Waals surface area contributed by atoms with Gasteiger partial charge in [0.1, 0.15) is 12.4 Å². The largest absolute Gasteiger partial charge is 0.474 e. The lowest BCUT2D eigenvalue weighted by molar-refractivity contribution is 0.169. The Hall–Kier alpha value is -1.88. The maximum Gasteiger partial charge on any atom is 0.213 e. The van der Waals surface area contributed by atoms with Crippen LogP contribution in [0.25, 0.3) is 0 Å². The molecule has 1 N–H and O–H groups in total. The van der Waals surface area contributed by atoms with Gasteiger partial charge in [-0.05, 0) is 44.2 Å². The Bertz CT molecular complexity index is 802. The molecule has 0 aromatic carbocycles. The third-order valence-electron chi connectivity index (χ3n) is 5.68. The predicted molar refractivity (Wildman–Crippen MR) is 131 cm³/mol. The third kappa shape index (κ3) is 7.06. The van der Waals surface area contributed by atoms with Crippen molar-refractivity contribution >= 4 is 29.9 Å². The number of hydrogen-bond donors (Lipinski definition) is 1. The van der Waals surface area contributed by atoms with Gasteiger partial charge in [0.15, 0.2) is 5.96 Å². The van der Waals surface area contributed by atoms with Crippen molar-refractivity contribution in [3.05, 3.63) is 41.9 Å². The molecule has 0 radical (unpaired) electrons. The van der Waals surface area contributed by atoms with E-state index in [4.69, 9.17) is 14.3 Å². The van der Waals surface area contributed by atoms with Crippen LogP contribution >= 0.6 is 24.0 Å². The Balaban J connectivity index is 0.00000272. The SMILES string of the molecule is CCNC(=NCc1ccnc(OC2CCCC2)c1)N1CCN(Cc2ccon2)CC1.I. The van der Waals surface area contributed by atoms with Crippen molar-refractivity contribution in [2.24, 2.45) is 4.99 Å². The number of halogens is 1. The van der Waals surface area contributed by atoms with Crippen molar-refractivity contribution in [1.29, 1.82) is 0 Å². The van der Waals surface area contributed by atoms with Crippen LogP contribution in [-0.2, 0) is 13.1 Å². The average Bonchev–Trinajstić information content (AvgIpc) is 3.47. The van der Waals surface area contributed by atoms with E-state index in [1.165, 1.54) is 12.8 Å². The summed E-state index contributed by atoms with van der Waals surface area (Å²) in [4.78, 5) is 14.0. The molecule has 2 aliphatic rings. The van der Waals surface area contributed by atoms with Crippen LogP contribution in [0.1, 0.15) is 43.9 Å². The molecule has 8 nitrogen and oxygen atoms in total. The molecule has 1 aliphatic heterocycles. The van der Waals surface area contributed by atoms with Gasteiger partial charge in [-0.15, -0.1) is 24.0 Å². The number of ether oxygens (including phenoxy) is 1. The van der Waals surface area contributed by atoms with Gasteiger partial charge in [0.25, 0.3) is 0 Å². The molecule has 31 heavy (non-hydrogen) atoms. The van der Waals surface area contributed by atoms with Crippen molar-refractivity contribution in [3.8, 4) is 5.88 Å². The molecule has 2 aromatic heterocycles. The first-order valence-electron chi connectivity index (χ1n) is 11.1. The maximum atomic E-state index is 6.04. The van der Waals surface area contributed by atoms with E-state index in [1.807, 2.05) is 24.4 Å². The lowest BCUT2D eigenvalue weighted by Gasteiger charge is -2.36. The Labute approximate surface area is 201 Å². The average molecular weight is 540 g/mol. The molecule has 170 valence electrons. The quantitative estimate of drug-likeness (QED) is 0.328. The minimum atomic E-state index is 0. The van der Waals surface area contributed by atoms with Crippen molar-refractivity contribution in [2.75, 3.05) is 32.7 Å². The number of pyridine rings is 1. The molecule has 1 saturated carbocycles. The summed E-state index contributed by atoms with van der Waals surface area (Å²) in [6.45, 7) is 8.24. The molecule has 0 amide bonds. The van der Waals surface area contributed by atoms with Crippen LogP contribution in [0.15, 0.2) is 40.2 Å². The molecule has 2 fully saturated rings. The fourth-order valence-electron chi connectivity index (χ4n) is 4.05. The number of aromatic nitrogens is 2. The van der Waals surface area contributed by atoms with E-state index in [0.717, 1.165) is 75.2 Å². The normalized spacial score (nSPS) is 18.1. The summed E-state index contributed by atoms with van der Waals surface area (Å²) < 4.78 is 11.0. The number of hydrogen-bond acceptors (Lipinski definition) is 6. The zero-order valence-electron chi connectivity index (χ0n) is 18.2. The second kappa shape index (κ2) is 12.2. The summed E-state index contributed by atoms with van der Waals surface area (Å²) in [7, 11) is 0. The molecular formula is C22H33IN6O2. The number of guanidine groups is 1. The monoisotopic (exact) mass is 540 g/mol. The van der Waals surface area contributed by atoms with Crippen molar-refractivity contribution in [1.82, 2.24) is 25.3 Å². The number of piperazine rings is 1. The molecule has 0 unspecified atom stereocenters. The van der Waals surface area contributed by atoms with Gasteiger partial charge in [-0.1, -0.05) is 5.16 Å².